The fraction of sp³-hybridized carbons (Fsp3) is 0.444. The first-order valence-corrected chi connectivity index (χ1v) is 9.77. The molecule has 2 rings (SSSR count). The summed E-state index contributed by atoms with van der Waals surface area (Å²) in [6.45, 7) is 1.72. The van der Waals surface area contributed by atoms with Gasteiger partial charge in [0.15, 0.2) is 5.96 Å². The molecule has 1 aromatic heterocycles. The molecule has 6 nitrogen and oxygen atoms in total. The smallest absolute Gasteiger partial charge is 0.243 e. The zero-order chi connectivity index (χ0) is 18.1. The van der Waals surface area contributed by atoms with Crippen LogP contribution in [0.1, 0.15) is 5.56 Å². The van der Waals surface area contributed by atoms with Crippen molar-refractivity contribution in [2.45, 2.75) is 6.42 Å². The molecule has 0 saturated heterocycles. The van der Waals surface area contributed by atoms with E-state index in [1.165, 1.54) is 10.9 Å². The number of aliphatic imine (C=N–C) groups is 1. The number of rotatable bonds is 8. The van der Waals surface area contributed by atoms with E-state index in [1.54, 1.807) is 30.8 Å². The molecule has 0 fully saturated rings. The van der Waals surface area contributed by atoms with E-state index in [0.29, 0.717) is 5.96 Å². The van der Waals surface area contributed by atoms with Crippen LogP contribution >= 0.6 is 35.7 Å². The number of guanidine groups is 1. The van der Waals surface area contributed by atoms with Gasteiger partial charge in [-0.15, -0.1) is 24.0 Å². The molecule has 0 spiro atoms. The average Bonchev–Trinajstić information content (AvgIpc) is 3.02. The zero-order valence-corrected chi connectivity index (χ0v) is 18.7. The normalized spacial score (nSPS) is 11.1. The summed E-state index contributed by atoms with van der Waals surface area (Å²) >= 11 is 1.77. The van der Waals surface area contributed by atoms with Crippen LogP contribution in [0.25, 0.3) is 10.9 Å². The highest BCUT2D eigenvalue weighted by Gasteiger charge is 2.06. The third-order valence-corrected chi connectivity index (χ3v) is 4.44. The van der Waals surface area contributed by atoms with E-state index < -0.39 is 0 Å². The summed E-state index contributed by atoms with van der Waals surface area (Å²) < 4.78 is 0. The Kier molecular flexibility index (Phi) is 10.5. The molecule has 1 aromatic carbocycles. The number of carbonyl (C=O) groups excluding carboxylic acids is 1. The Morgan fingerprint density at radius 3 is 2.69 bits per heavy atom. The molecule has 144 valence electrons. The number of thioether (sulfide) groups is 1. The van der Waals surface area contributed by atoms with Crippen molar-refractivity contribution < 1.29 is 4.79 Å². The number of hydrogen-bond donors (Lipinski definition) is 3. The van der Waals surface area contributed by atoms with Gasteiger partial charge in [-0.1, -0.05) is 18.2 Å². The van der Waals surface area contributed by atoms with Crippen LogP contribution in [0.2, 0.25) is 0 Å². The van der Waals surface area contributed by atoms with Gasteiger partial charge in [0.1, 0.15) is 6.54 Å². The van der Waals surface area contributed by atoms with Gasteiger partial charge in [-0.2, -0.15) is 11.8 Å². The van der Waals surface area contributed by atoms with Crippen molar-refractivity contribution in [3.05, 3.63) is 36.0 Å². The number of amides is 1. The monoisotopic (exact) mass is 489 g/mol. The minimum Gasteiger partial charge on any atom is -0.361 e. The third kappa shape index (κ3) is 7.06. The van der Waals surface area contributed by atoms with Crippen molar-refractivity contribution in [1.82, 2.24) is 20.5 Å². The van der Waals surface area contributed by atoms with Gasteiger partial charge < -0.3 is 20.5 Å². The molecule has 1 amide bonds. The number of carbonyl (C=O) groups is 1. The largest absolute Gasteiger partial charge is 0.361 e. The highest BCUT2D eigenvalue weighted by atomic mass is 127. The van der Waals surface area contributed by atoms with E-state index in [-0.39, 0.29) is 36.4 Å². The van der Waals surface area contributed by atoms with Crippen molar-refractivity contribution in [1.29, 1.82) is 0 Å². The van der Waals surface area contributed by atoms with Crippen LogP contribution in [0, 0.1) is 0 Å². The summed E-state index contributed by atoms with van der Waals surface area (Å²) in [5.41, 5.74) is 2.43. The SMILES string of the molecule is CSCCNC(=NCC(=O)N(C)C)NCCc1c[nH]c2ccccc12.I. The van der Waals surface area contributed by atoms with Crippen LogP contribution in [0.15, 0.2) is 35.5 Å². The zero-order valence-electron chi connectivity index (χ0n) is 15.5. The number of benzene rings is 1. The Morgan fingerprint density at radius 2 is 1.96 bits per heavy atom. The Morgan fingerprint density at radius 1 is 1.23 bits per heavy atom. The van der Waals surface area contributed by atoms with Crippen molar-refractivity contribution in [3.63, 3.8) is 0 Å². The highest BCUT2D eigenvalue weighted by molar-refractivity contribution is 14.0. The molecule has 26 heavy (non-hydrogen) atoms. The lowest BCUT2D eigenvalue weighted by Crippen LogP contribution is -2.40. The van der Waals surface area contributed by atoms with Gasteiger partial charge in [-0.05, 0) is 24.3 Å². The maximum Gasteiger partial charge on any atom is 0.243 e. The number of para-hydroxylation sites is 1. The maximum atomic E-state index is 11.7. The van der Waals surface area contributed by atoms with Gasteiger partial charge >= 0.3 is 0 Å². The maximum absolute atomic E-state index is 11.7. The number of nitrogens with zero attached hydrogens (tertiary/aromatic N) is 2. The molecule has 0 bridgehead atoms. The Bertz CT molecular complexity index is 716. The number of likely N-dealkylation sites (N-methyl/N-ethyl adjacent to an activating group) is 1. The highest BCUT2D eigenvalue weighted by Crippen LogP contribution is 2.17. The van der Waals surface area contributed by atoms with Crippen molar-refractivity contribution in [2.24, 2.45) is 4.99 Å². The average molecular weight is 489 g/mol. The topological polar surface area (TPSA) is 72.5 Å². The van der Waals surface area contributed by atoms with Crippen LogP contribution in [-0.4, -0.2) is 67.5 Å². The number of fused-ring (bicyclic) bond motifs is 1. The molecule has 0 aliphatic carbocycles. The quantitative estimate of drug-likeness (QED) is 0.230. The van der Waals surface area contributed by atoms with E-state index in [0.717, 1.165) is 30.8 Å². The Labute approximate surface area is 176 Å². The Balaban J connectivity index is 0.00000338. The van der Waals surface area contributed by atoms with Crippen LogP contribution in [0.4, 0.5) is 0 Å². The Hall–Kier alpha value is -1.42. The van der Waals surface area contributed by atoms with Crippen LogP contribution < -0.4 is 10.6 Å². The second-order valence-electron chi connectivity index (χ2n) is 5.91. The minimum atomic E-state index is -0.0115. The summed E-state index contributed by atoms with van der Waals surface area (Å²) in [4.78, 5) is 21.0. The molecular formula is C18H28IN5OS. The summed E-state index contributed by atoms with van der Waals surface area (Å²) in [6.07, 6.45) is 5.01. The third-order valence-electron chi connectivity index (χ3n) is 3.83. The molecule has 8 heteroatoms. The minimum absolute atomic E-state index is 0. The summed E-state index contributed by atoms with van der Waals surface area (Å²) in [5, 5.41) is 7.84. The predicted octanol–water partition coefficient (Wildman–Crippen LogP) is 2.31. The first-order chi connectivity index (χ1) is 12.1. The lowest BCUT2D eigenvalue weighted by atomic mass is 10.1. The fourth-order valence-electron chi connectivity index (χ4n) is 2.39. The predicted molar refractivity (Wildman–Crippen MR) is 123 cm³/mol. The number of halogens is 1. The molecular weight excluding hydrogens is 461 g/mol. The van der Waals surface area contributed by atoms with Gasteiger partial charge in [0, 0.05) is 50.0 Å². The summed E-state index contributed by atoms with van der Waals surface area (Å²) in [7, 11) is 3.48. The summed E-state index contributed by atoms with van der Waals surface area (Å²) in [6, 6.07) is 8.29. The molecule has 0 atom stereocenters. The molecule has 2 aromatic rings. The van der Waals surface area contributed by atoms with Crippen LogP contribution in [-0.2, 0) is 11.2 Å². The van der Waals surface area contributed by atoms with Crippen molar-refractivity contribution in [3.8, 4) is 0 Å². The standard InChI is InChI=1S/C18H27N5OS.HI/c1-23(2)17(24)13-22-18(20-10-11-25-3)19-9-8-14-12-21-16-7-5-4-6-15(14)16;/h4-7,12,21H,8-11,13H2,1-3H3,(H2,19,20,22);1H. The van der Waals surface area contributed by atoms with Crippen molar-refractivity contribution >= 4 is 58.5 Å². The number of nitrogens with one attached hydrogen (secondary N) is 3. The van der Waals surface area contributed by atoms with Crippen LogP contribution in [0.5, 0.6) is 0 Å². The van der Waals surface area contributed by atoms with E-state index >= 15 is 0 Å². The summed E-state index contributed by atoms with van der Waals surface area (Å²) in [5.74, 6) is 1.66. The molecule has 0 aliphatic rings. The lowest BCUT2D eigenvalue weighted by Gasteiger charge is -2.13. The number of hydrogen-bond acceptors (Lipinski definition) is 3. The molecule has 0 saturated carbocycles. The second kappa shape index (κ2) is 12.1. The van der Waals surface area contributed by atoms with Crippen molar-refractivity contribution in [2.75, 3.05) is 45.7 Å². The molecule has 0 unspecified atom stereocenters. The second-order valence-corrected chi connectivity index (χ2v) is 6.89. The number of aromatic amines is 1. The first kappa shape index (κ1) is 22.6. The van der Waals surface area contributed by atoms with Gasteiger partial charge in [0.25, 0.3) is 0 Å². The van der Waals surface area contributed by atoms with Gasteiger partial charge in [-0.25, -0.2) is 4.99 Å². The van der Waals surface area contributed by atoms with Gasteiger partial charge in [0.2, 0.25) is 5.91 Å². The van der Waals surface area contributed by atoms with E-state index in [9.17, 15) is 4.79 Å². The van der Waals surface area contributed by atoms with Crippen LogP contribution in [0.3, 0.4) is 0 Å². The molecule has 3 N–H and O–H groups in total. The number of aromatic nitrogens is 1. The van der Waals surface area contributed by atoms with E-state index in [2.05, 4.69) is 51.3 Å². The first-order valence-electron chi connectivity index (χ1n) is 8.38. The lowest BCUT2D eigenvalue weighted by molar-refractivity contribution is -0.127. The molecule has 0 aliphatic heterocycles. The molecule has 1 heterocycles. The van der Waals surface area contributed by atoms with E-state index in [1.807, 2.05) is 6.07 Å². The number of H-pyrrole nitrogens is 1. The van der Waals surface area contributed by atoms with Gasteiger partial charge in [0.05, 0.1) is 0 Å². The fourth-order valence-corrected chi connectivity index (χ4v) is 2.69. The van der Waals surface area contributed by atoms with E-state index in [4.69, 9.17) is 0 Å². The van der Waals surface area contributed by atoms with Gasteiger partial charge in [-0.3, -0.25) is 4.79 Å². The molecule has 0 radical (unpaired) electrons.